The molecule has 0 saturated heterocycles. The van der Waals surface area contributed by atoms with Crippen molar-refractivity contribution in [2.75, 3.05) is 13.7 Å². The molecule has 0 fully saturated rings. The second kappa shape index (κ2) is 11.8. The van der Waals surface area contributed by atoms with Gasteiger partial charge in [-0.1, -0.05) is 70.8 Å². The molecule has 0 amide bonds. The van der Waals surface area contributed by atoms with Crippen molar-refractivity contribution in [3.63, 3.8) is 0 Å². The van der Waals surface area contributed by atoms with Crippen molar-refractivity contribution in [3.8, 4) is 0 Å². The van der Waals surface area contributed by atoms with Crippen LogP contribution >= 0.6 is 0 Å². The normalized spacial score (nSPS) is 17.6. The summed E-state index contributed by atoms with van der Waals surface area (Å²) in [6, 6.07) is 0. The third-order valence-corrected chi connectivity index (χ3v) is 5.69. The van der Waals surface area contributed by atoms with E-state index in [9.17, 15) is 4.79 Å². The van der Waals surface area contributed by atoms with Crippen molar-refractivity contribution in [2.24, 2.45) is 5.41 Å². The molecule has 1 rings (SSSR count). The van der Waals surface area contributed by atoms with Crippen molar-refractivity contribution in [1.82, 2.24) is 0 Å². The molecule has 0 radical (unpaired) electrons. The summed E-state index contributed by atoms with van der Waals surface area (Å²) in [7, 11) is 1.78. The number of carbonyl (C=O) groups excluding carboxylic acids is 1. The Labute approximate surface area is 150 Å². The van der Waals surface area contributed by atoms with E-state index in [0.29, 0.717) is 5.78 Å². The van der Waals surface area contributed by atoms with Crippen LogP contribution in [0.5, 0.6) is 0 Å². The molecule has 0 aromatic rings. The molecule has 0 aromatic heterocycles. The van der Waals surface area contributed by atoms with Gasteiger partial charge in [-0.3, -0.25) is 4.79 Å². The summed E-state index contributed by atoms with van der Waals surface area (Å²) < 4.78 is 5.07. The van der Waals surface area contributed by atoms with Crippen molar-refractivity contribution < 1.29 is 9.53 Å². The standard InChI is InChI=1S/C22H40O2/c1-19-20(22(2,3)17-16-21(19)23)15-13-11-9-7-5-6-8-10-12-14-18-24-4/h5-18H2,1-4H3. The summed E-state index contributed by atoms with van der Waals surface area (Å²) in [6.45, 7) is 7.58. The highest BCUT2D eigenvalue weighted by atomic mass is 16.5. The SMILES string of the molecule is COCCCCCCCCCCCCC1=C(C)C(=O)CCC1(C)C. The van der Waals surface area contributed by atoms with Crippen molar-refractivity contribution >= 4 is 5.78 Å². The Balaban J connectivity index is 2.04. The lowest BCUT2D eigenvalue weighted by Crippen LogP contribution is -2.25. The Morgan fingerprint density at radius 1 is 0.875 bits per heavy atom. The Bertz CT molecular complexity index is 393. The van der Waals surface area contributed by atoms with Crippen LogP contribution in [0.1, 0.15) is 104 Å². The lowest BCUT2D eigenvalue weighted by Gasteiger charge is -2.34. The summed E-state index contributed by atoms with van der Waals surface area (Å²) in [5.74, 6) is 0.384. The molecule has 0 atom stereocenters. The monoisotopic (exact) mass is 336 g/mol. The van der Waals surface area contributed by atoms with Crippen LogP contribution in [0.15, 0.2) is 11.1 Å². The zero-order valence-electron chi connectivity index (χ0n) is 16.7. The molecule has 0 heterocycles. The highest BCUT2D eigenvalue weighted by molar-refractivity contribution is 5.96. The van der Waals surface area contributed by atoms with E-state index < -0.39 is 0 Å². The summed E-state index contributed by atoms with van der Waals surface area (Å²) in [5.41, 5.74) is 2.75. The van der Waals surface area contributed by atoms with Crippen LogP contribution in [-0.2, 0) is 9.53 Å². The summed E-state index contributed by atoms with van der Waals surface area (Å²) in [4.78, 5) is 11.9. The van der Waals surface area contributed by atoms with E-state index in [1.807, 2.05) is 6.92 Å². The maximum atomic E-state index is 11.9. The molecular weight excluding hydrogens is 296 g/mol. The number of carbonyl (C=O) groups is 1. The van der Waals surface area contributed by atoms with Crippen LogP contribution in [0.2, 0.25) is 0 Å². The minimum atomic E-state index is 0.237. The number of methoxy groups -OCH3 is 1. The molecule has 2 heteroatoms. The number of Topliss-reactive ketones (excluding diaryl/α,β-unsaturated/α-hetero) is 1. The van der Waals surface area contributed by atoms with Gasteiger partial charge < -0.3 is 4.74 Å². The van der Waals surface area contributed by atoms with Gasteiger partial charge in [0.05, 0.1) is 0 Å². The number of unbranched alkanes of at least 4 members (excludes halogenated alkanes) is 9. The van der Waals surface area contributed by atoms with Gasteiger partial charge >= 0.3 is 0 Å². The predicted molar refractivity (Wildman–Crippen MR) is 103 cm³/mol. The third kappa shape index (κ3) is 7.96. The number of ketones is 1. The van der Waals surface area contributed by atoms with E-state index >= 15 is 0 Å². The molecule has 1 aliphatic rings. The van der Waals surface area contributed by atoms with Crippen LogP contribution in [0, 0.1) is 5.41 Å². The van der Waals surface area contributed by atoms with E-state index in [1.165, 1.54) is 69.8 Å². The van der Waals surface area contributed by atoms with E-state index in [2.05, 4.69) is 13.8 Å². The minimum absolute atomic E-state index is 0.237. The van der Waals surface area contributed by atoms with Gasteiger partial charge in [0.25, 0.3) is 0 Å². The van der Waals surface area contributed by atoms with Crippen molar-refractivity contribution in [3.05, 3.63) is 11.1 Å². The van der Waals surface area contributed by atoms with E-state index in [0.717, 1.165) is 31.4 Å². The minimum Gasteiger partial charge on any atom is -0.385 e. The first-order valence-electron chi connectivity index (χ1n) is 10.2. The lowest BCUT2D eigenvalue weighted by atomic mass is 9.70. The number of ether oxygens (including phenoxy) is 1. The summed E-state index contributed by atoms with van der Waals surface area (Å²) in [5, 5.41) is 0. The highest BCUT2D eigenvalue weighted by Gasteiger charge is 2.31. The summed E-state index contributed by atoms with van der Waals surface area (Å²) in [6.07, 6.45) is 16.2. The molecule has 140 valence electrons. The van der Waals surface area contributed by atoms with Gasteiger partial charge in [-0.15, -0.1) is 0 Å². The Morgan fingerprint density at radius 2 is 1.38 bits per heavy atom. The van der Waals surface area contributed by atoms with Crippen LogP contribution in [0.3, 0.4) is 0 Å². The van der Waals surface area contributed by atoms with Gasteiger partial charge in [-0.05, 0) is 43.6 Å². The van der Waals surface area contributed by atoms with Gasteiger partial charge in [-0.2, -0.15) is 0 Å². The zero-order chi connectivity index (χ0) is 17.8. The molecule has 0 aromatic carbocycles. The molecule has 1 aliphatic carbocycles. The fourth-order valence-corrected chi connectivity index (χ4v) is 3.93. The zero-order valence-corrected chi connectivity index (χ0v) is 16.7. The molecule has 0 unspecified atom stereocenters. The number of rotatable bonds is 13. The van der Waals surface area contributed by atoms with Crippen LogP contribution in [0.4, 0.5) is 0 Å². The molecule has 0 bridgehead atoms. The van der Waals surface area contributed by atoms with E-state index in [1.54, 1.807) is 7.11 Å². The second-order valence-corrected chi connectivity index (χ2v) is 8.19. The number of allylic oxidation sites excluding steroid dienone is 2. The number of hydrogen-bond acceptors (Lipinski definition) is 2. The van der Waals surface area contributed by atoms with E-state index in [4.69, 9.17) is 4.74 Å². The first-order chi connectivity index (χ1) is 11.5. The Hall–Kier alpha value is -0.630. The van der Waals surface area contributed by atoms with Gasteiger partial charge in [0.15, 0.2) is 5.78 Å². The smallest absolute Gasteiger partial charge is 0.158 e. The van der Waals surface area contributed by atoms with Gasteiger partial charge in [0.1, 0.15) is 0 Å². The Morgan fingerprint density at radius 3 is 1.92 bits per heavy atom. The first-order valence-corrected chi connectivity index (χ1v) is 10.2. The number of hydrogen-bond donors (Lipinski definition) is 0. The summed E-state index contributed by atoms with van der Waals surface area (Å²) >= 11 is 0. The van der Waals surface area contributed by atoms with Gasteiger partial charge in [0, 0.05) is 20.1 Å². The second-order valence-electron chi connectivity index (χ2n) is 8.19. The molecular formula is C22H40O2. The highest BCUT2D eigenvalue weighted by Crippen LogP contribution is 2.41. The van der Waals surface area contributed by atoms with Gasteiger partial charge in [0.2, 0.25) is 0 Å². The fourth-order valence-electron chi connectivity index (χ4n) is 3.93. The van der Waals surface area contributed by atoms with Crippen LogP contribution in [-0.4, -0.2) is 19.5 Å². The average Bonchev–Trinajstić information content (AvgIpc) is 2.55. The van der Waals surface area contributed by atoms with Crippen molar-refractivity contribution in [1.29, 1.82) is 0 Å². The topological polar surface area (TPSA) is 26.3 Å². The quantitative estimate of drug-likeness (QED) is 0.353. The maximum absolute atomic E-state index is 11.9. The average molecular weight is 337 g/mol. The predicted octanol–water partition coefficient (Wildman–Crippen LogP) is 6.63. The molecule has 2 nitrogen and oxygen atoms in total. The third-order valence-electron chi connectivity index (χ3n) is 5.69. The van der Waals surface area contributed by atoms with Gasteiger partial charge in [-0.25, -0.2) is 0 Å². The van der Waals surface area contributed by atoms with Crippen molar-refractivity contribution in [2.45, 2.75) is 104 Å². The lowest BCUT2D eigenvalue weighted by molar-refractivity contribution is -0.116. The fraction of sp³-hybridized carbons (Fsp3) is 0.864. The Kier molecular flexibility index (Phi) is 10.6. The van der Waals surface area contributed by atoms with Crippen LogP contribution in [0.25, 0.3) is 0 Å². The molecule has 0 aliphatic heterocycles. The molecule has 0 spiro atoms. The molecule has 24 heavy (non-hydrogen) atoms. The van der Waals surface area contributed by atoms with E-state index in [-0.39, 0.29) is 5.41 Å². The van der Waals surface area contributed by atoms with Crippen LogP contribution < -0.4 is 0 Å². The largest absolute Gasteiger partial charge is 0.385 e. The molecule has 0 N–H and O–H groups in total. The molecule has 0 saturated carbocycles. The first kappa shape index (κ1) is 21.4. The maximum Gasteiger partial charge on any atom is 0.158 e.